The number of ether oxygens (including phenoxy) is 1. The summed E-state index contributed by atoms with van der Waals surface area (Å²) in [6.07, 6.45) is -2.40. The molecule has 2 N–H and O–H groups in total. The molecule has 2 aliphatic heterocycles. The van der Waals surface area contributed by atoms with E-state index in [2.05, 4.69) is 28.6 Å². The molecule has 1 aromatic heterocycles. The zero-order valence-electron chi connectivity index (χ0n) is 22.1. The maximum absolute atomic E-state index is 13.2. The Morgan fingerprint density at radius 1 is 1.24 bits per heavy atom. The van der Waals surface area contributed by atoms with E-state index in [1.54, 1.807) is 7.11 Å². The standard InChI is InChI=1S/C17H17F3N4S.C4H10O.C3H4O2.C2H6/c1-23-6-8-24(9-7-23)15-11-10-14(17(18,19)20)25-16(11)22-13-5-3-2-4-12(13)21-15;1-3-4-5-2;1-2-3(4)5;1-2/h2-5,10,22H,6-9H2,1H3;3-4H2,1-2H3;2H,1H2,(H,4,5);1-2H3. The largest absolute Gasteiger partial charge is 0.478 e. The summed E-state index contributed by atoms with van der Waals surface area (Å²) in [6.45, 7) is 13.1. The highest BCUT2D eigenvalue weighted by Gasteiger charge is 2.36. The number of piperazine rings is 1. The SMILES string of the molecule is C=CC(=O)O.CC.CCCOC.CN1CCN(C2=Nc3ccccc3Nc3sc(C(F)(F)F)cc32)CC1. The number of hydrogen-bond donors (Lipinski definition) is 2. The number of carboxylic acid groups (broad SMARTS) is 1. The minimum absolute atomic E-state index is 0.495. The first kappa shape index (κ1) is 32.1. The molecule has 0 amide bonds. The number of amidine groups is 1. The van der Waals surface area contributed by atoms with Gasteiger partial charge in [-0.3, -0.25) is 0 Å². The van der Waals surface area contributed by atoms with Crippen LogP contribution in [0.5, 0.6) is 0 Å². The van der Waals surface area contributed by atoms with E-state index >= 15 is 0 Å². The zero-order valence-corrected chi connectivity index (χ0v) is 22.9. The van der Waals surface area contributed by atoms with E-state index < -0.39 is 17.0 Å². The van der Waals surface area contributed by atoms with Crippen molar-refractivity contribution in [3.8, 4) is 0 Å². The van der Waals surface area contributed by atoms with E-state index in [0.717, 1.165) is 68.0 Å². The monoisotopic (exact) mass is 542 g/mol. The Morgan fingerprint density at radius 2 is 1.84 bits per heavy atom. The second-order valence-corrected chi connectivity index (χ2v) is 8.81. The van der Waals surface area contributed by atoms with Crippen LogP contribution < -0.4 is 5.32 Å². The summed E-state index contributed by atoms with van der Waals surface area (Å²) in [5.74, 6) is -0.364. The van der Waals surface area contributed by atoms with Crippen LogP contribution in [0.15, 0.2) is 48.0 Å². The predicted octanol–water partition coefficient (Wildman–Crippen LogP) is 6.48. The number of para-hydroxylation sites is 2. The summed E-state index contributed by atoms with van der Waals surface area (Å²) in [5.41, 5.74) is 2.00. The minimum Gasteiger partial charge on any atom is -0.478 e. The third-order valence-electron chi connectivity index (χ3n) is 5.02. The number of anilines is 2. The highest BCUT2D eigenvalue weighted by molar-refractivity contribution is 7.16. The number of aliphatic imine (C=N–C) groups is 1. The maximum atomic E-state index is 13.2. The molecular weight excluding hydrogens is 505 g/mol. The van der Waals surface area contributed by atoms with Gasteiger partial charge in [-0.15, -0.1) is 11.3 Å². The molecule has 11 heteroatoms. The Morgan fingerprint density at radius 3 is 2.32 bits per heavy atom. The van der Waals surface area contributed by atoms with Crippen molar-refractivity contribution in [1.82, 2.24) is 9.80 Å². The predicted molar refractivity (Wildman–Crippen MR) is 146 cm³/mol. The van der Waals surface area contributed by atoms with Gasteiger partial charge in [0.25, 0.3) is 0 Å². The van der Waals surface area contributed by atoms with Crippen LogP contribution in [-0.4, -0.2) is 73.7 Å². The van der Waals surface area contributed by atoms with E-state index in [1.807, 2.05) is 45.2 Å². The van der Waals surface area contributed by atoms with Crippen molar-refractivity contribution in [2.45, 2.75) is 33.4 Å². The van der Waals surface area contributed by atoms with Gasteiger partial charge in [0.2, 0.25) is 0 Å². The number of benzene rings is 1. The molecule has 37 heavy (non-hydrogen) atoms. The summed E-state index contributed by atoms with van der Waals surface area (Å²) >= 11 is 0.733. The van der Waals surface area contributed by atoms with Gasteiger partial charge in [0.05, 0.1) is 16.9 Å². The molecule has 7 nitrogen and oxygen atoms in total. The third kappa shape index (κ3) is 10.2. The Bertz CT molecular complexity index is 1010. The van der Waals surface area contributed by atoms with Crippen molar-refractivity contribution in [2.75, 3.05) is 52.3 Å². The first-order chi connectivity index (χ1) is 17.6. The summed E-state index contributed by atoms with van der Waals surface area (Å²) < 4.78 is 44.3. The van der Waals surface area contributed by atoms with Gasteiger partial charge in [0.15, 0.2) is 0 Å². The van der Waals surface area contributed by atoms with Gasteiger partial charge < -0.3 is 25.0 Å². The molecule has 1 fully saturated rings. The Kier molecular flexibility index (Phi) is 13.9. The summed E-state index contributed by atoms with van der Waals surface area (Å²) in [4.78, 5) is 17.7. The molecule has 4 rings (SSSR count). The van der Waals surface area contributed by atoms with E-state index in [1.165, 1.54) is 6.07 Å². The first-order valence-electron chi connectivity index (χ1n) is 12.0. The van der Waals surface area contributed by atoms with Crippen LogP contribution in [0.1, 0.15) is 37.6 Å². The van der Waals surface area contributed by atoms with E-state index in [4.69, 9.17) is 14.8 Å². The molecule has 0 saturated carbocycles. The normalized spacial score (nSPS) is 14.4. The number of nitrogens with one attached hydrogen (secondary N) is 1. The number of aliphatic carboxylic acids is 1. The number of rotatable bonds is 3. The second-order valence-electron chi connectivity index (χ2n) is 7.75. The lowest BCUT2D eigenvalue weighted by Gasteiger charge is -2.34. The molecule has 2 aromatic rings. The number of methoxy groups -OCH3 is 1. The number of alkyl halides is 3. The fourth-order valence-corrected chi connectivity index (χ4v) is 4.16. The first-order valence-corrected chi connectivity index (χ1v) is 12.9. The quantitative estimate of drug-likeness (QED) is 0.433. The van der Waals surface area contributed by atoms with Crippen LogP contribution >= 0.6 is 11.3 Å². The highest BCUT2D eigenvalue weighted by atomic mass is 32.1. The average Bonchev–Trinajstić information content (AvgIpc) is 3.24. The van der Waals surface area contributed by atoms with Gasteiger partial charge in [-0.05, 0) is 31.7 Å². The molecule has 0 atom stereocenters. The topological polar surface area (TPSA) is 77.4 Å². The Balaban J connectivity index is 0.000000483. The van der Waals surface area contributed by atoms with Crippen LogP contribution in [0.2, 0.25) is 0 Å². The van der Waals surface area contributed by atoms with E-state index in [-0.39, 0.29) is 0 Å². The average molecular weight is 543 g/mol. The lowest BCUT2D eigenvalue weighted by Crippen LogP contribution is -2.47. The van der Waals surface area contributed by atoms with Crippen molar-refractivity contribution in [3.63, 3.8) is 0 Å². The lowest BCUT2D eigenvalue weighted by atomic mass is 10.2. The molecule has 0 unspecified atom stereocenters. The van der Waals surface area contributed by atoms with Crippen LogP contribution in [0.3, 0.4) is 0 Å². The molecular formula is C26H37F3N4O3S. The van der Waals surface area contributed by atoms with Gasteiger partial charge in [-0.2, -0.15) is 13.2 Å². The third-order valence-corrected chi connectivity index (χ3v) is 6.11. The molecule has 0 radical (unpaired) electrons. The Hall–Kier alpha value is -2.89. The molecule has 0 spiro atoms. The van der Waals surface area contributed by atoms with Gasteiger partial charge >= 0.3 is 12.1 Å². The lowest BCUT2D eigenvalue weighted by molar-refractivity contribution is -0.134. The number of fused-ring (bicyclic) bond motifs is 2. The van der Waals surface area contributed by atoms with Crippen LogP contribution in [-0.2, 0) is 15.7 Å². The molecule has 1 saturated heterocycles. The Labute approximate surface area is 221 Å². The molecule has 2 aliphatic rings. The maximum Gasteiger partial charge on any atom is 0.425 e. The fraction of sp³-hybridized carbons (Fsp3) is 0.462. The van der Waals surface area contributed by atoms with Crippen LogP contribution in [0.4, 0.5) is 29.5 Å². The molecule has 0 bridgehead atoms. The van der Waals surface area contributed by atoms with Gasteiger partial charge in [-0.25, -0.2) is 9.79 Å². The van der Waals surface area contributed by atoms with Crippen molar-refractivity contribution < 1.29 is 27.8 Å². The summed E-state index contributed by atoms with van der Waals surface area (Å²) in [7, 11) is 3.75. The summed E-state index contributed by atoms with van der Waals surface area (Å²) in [6, 6.07) is 8.66. The van der Waals surface area contributed by atoms with Gasteiger partial charge in [0.1, 0.15) is 15.7 Å². The van der Waals surface area contributed by atoms with Crippen molar-refractivity contribution in [1.29, 1.82) is 0 Å². The van der Waals surface area contributed by atoms with Crippen LogP contribution in [0.25, 0.3) is 0 Å². The minimum atomic E-state index is -4.36. The van der Waals surface area contributed by atoms with Crippen molar-refractivity contribution in [3.05, 3.63) is 53.4 Å². The van der Waals surface area contributed by atoms with E-state index in [9.17, 15) is 18.0 Å². The number of likely N-dealkylation sites (N-methyl/N-ethyl adjacent to an activating group) is 1. The number of halogens is 3. The number of carbonyl (C=O) groups is 1. The zero-order chi connectivity index (χ0) is 28.0. The van der Waals surface area contributed by atoms with Crippen LogP contribution in [0, 0.1) is 0 Å². The number of nitrogens with zero attached hydrogens (tertiary/aromatic N) is 3. The molecule has 0 aliphatic carbocycles. The van der Waals surface area contributed by atoms with Crippen molar-refractivity contribution in [2.24, 2.45) is 4.99 Å². The smallest absolute Gasteiger partial charge is 0.425 e. The molecule has 1 aromatic carbocycles. The molecule has 206 valence electrons. The summed E-state index contributed by atoms with van der Waals surface area (Å²) in [5, 5.41) is 11.2. The molecule has 3 heterocycles. The second kappa shape index (κ2) is 16.1. The fourth-order valence-electron chi connectivity index (χ4n) is 3.23. The van der Waals surface area contributed by atoms with Gasteiger partial charge in [-0.1, -0.05) is 39.5 Å². The number of hydrogen-bond acceptors (Lipinski definition) is 7. The van der Waals surface area contributed by atoms with Crippen molar-refractivity contribution >= 4 is 39.5 Å². The number of carboxylic acids is 1. The van der Waals surface area contributed by atoms with Gasteiger partial charge in [0, 0.05) is 46.0 Å². The highest BCUT2D eigenvalue weighted by Crippen LogP contribution is 2.44. The van der Waals surface area contributed by atoms with E-state index in [0.29, 0.717) is 16.4 Å². The number of thiophene rings is 1.